The summed E-state index contributed by atoms with van der Waals surface area (Å²) in [5.41, 5.74) is 5.44. The van der Waals surface area contributed by atoms with E-state index in [0.29, 0.717) is 12.6 Å². The maximum absolute atomic E-state index is 5.43. The van der Waals surface area contributed by atoms with Crippen molar-refractivity contribution in [1.82, 2.24) is 10.4 Å². The average Bonchev–Trinajstić information content (AvgIpc) is 2.86. The smallest absolute Gasteiger partial charge is 0.0963 e. The van der Waals surface area contributed by atoms with Crippen molar-refractivity contribution < 1.29 is 4.84 Å². The van der Waals surface area contributed by atoms with Gasteiger partial charge in [-0.3, -0.25) is 0 Å². The lowest BCUT2D eigenvalue weighted by Gasteiger charge is -2.32. The number of hydroxylamine groups is 1. The molecule has 0 amide bonds. The Hall–Kier alpha value is -1.32. The molecule has 3 nitrogen and oxygen atoms in total. The van der Waals surface area contributed by atoms with Gasteiger partial charge in [0.05, 0.1) is 12.6 Å². The second kappa shape index (κ2) is 6.73. The third kappa shape index (κ3) is 3.37. The molecule has 1 fully saturated rings. The van der Waals surface area contributed by atoms with Crippen molar-refractivity contribution in [1.29, 1.82) is 0 Å². The van der Waals surface area contributed by atoms with Gasteiger partial charge in [-0.25, -0.2) is 0 Å². The van der Waals surface area contributed by atoms with Crippen molar-refractivity contribution in [3.05, 3.63) is 48.2 Å². The zero-order valence-corrected chi connectivity index (χ0v) is 11.9. The SMILES string of the molecule is C=C(C(NOCC)c1ccccc1)N1CCCC1C. The van der Waals surface area contributed by atoms with Crippen LogP contribution in [0.2, 0.25) is 0 Å². The van der Waals surface area contributed by atoms with E-state index in [9.17, 15) is 0 Å². The fraction of sp³-hybridized carbons (Fsp3) is 0.500. The van der Waals surface area contributed by atoms with Gasteiger partial charge in [0.2, 0.25) is 0 Å². The fourth-order valence-corrected chi connectivity index (χ4v) is 2.67. The van der Waals surface area contributed by atoms with Crippen molar-refractivity contribution in [3.8, 4) is 0 Å². The summed E-state index contributed by atoms with van der Waals surface area (Å²) in [6, 6.07) is 11.0. The van der Waals surface area contributed by atoms with Crippen LogP contribution in [0.3, 0.4) is 0 Å². The summed E-state index contributed by atoms with van der Waals surface area (Å²) in [5.74, 6) is 0. The molecule has 0 spiro atoms. The Kier molecular flexibility index (Phi) is 5.00. The van der Waals surface area contributed by atoms with Crippen LogP contribution < -0.4 is 5.48 Å². The third-order valence-corrected chi connectivity index (χ3v) is 3.73. The van der Waals surface area contributed by atoms with Gasteiger partial charge in [0.15, 0.2) is 0 Å². The molecule has 0 saturated carbocycles. The normalized spacial score (nSPS) is 20.5. The van der Waals surface area contributed by atoms with Gasteiger partial charge in [-0.1, -0.05) is 36.9 Å². The predicted molar refractivity (Wildman–Crippen MR) is 78.5 cm³/mol. The van der Waals surface area contributed by atoms with E-state index in [1.54, 1.807) is 0 Å². The van der Waals surface area contributed by atoms with Crippen LogP contribution in [0.5, 0.6) is 0 Å². The van der Waals surface area contributed by atoms with E-state index in [-0.39, 0.29) is 6.04 Å². The van der Waals surface area contributed by atoms with E-state index in [2.05, 4.69) is 48.1 Å². The van der Waals surface area contributed by atoms with E-state index in [1.165, 1.54) is 18.4 Å². The van der Waals surface area contributed by atoms with Crippen LogP contribution in [-0.4, -0.2) is 24.1 Å². The molecular formula is C16H24N2O. The number of likely N-dealkylation sites (tertiary alicyclic amines) is 1. The quantitative estimate of drug-likeness (QED) is 0.795. The molecule has 1 saturated heterocycles. The minimum atomic E-state index is 0.0294. The van der Waals surface area contributed by atoms with Crippen LogP contribution in [-0.2, 0) is 4.84 Å². The average molecular weight is 260 g/mol. The van der Waals surface area contributed by atoms with Crippen molar-refractivity contribution in [3.63, 3.8) is 0 Å². The van der Waals surface area contributed by atoms with Crippen LogP contribution in [0.4, 0.5) is 0 Å². The summed E-state index contributed by atoms with van der Waals surface area (Å²) < 4.78 is 0. The Morgan fingerprint density at radius 2 is 2.21 bits per heavy atom. The lowest BCUT2D eigenvalue weighted by molar-refractivity contribution is 0.0256. The highest BCUT2D eigenvalue weighted by Crippen LogP contribution is 2.29. The molecule has 1 aliphatic heterocycles. The lowest BCUT2D eigenvalue weighted by Crippen LogP contribution is -2.34. The number of nitrogens with one attached hydrogen (secondary N) is 1. The summed E-state index contributed by atoms with van der Waals surface area (Å²) in [6.45, 7) is 10.3. The van der Waals surface area contributed by atoms with E-state index in [0.717, 1.165) is 12.2 Å². The van der Waals surface area contributed by atoms with E-state index >= 15 is 0 Å². The Bertz CT molecular complexity index is 404. The molecule has 0 radical (unpaired) electrons. The van der Waals surface area contributed by atoms with Crippen molar-refractivity contribution >= 4 is 0 Å². The summed E-state index contributed by atoms with van der Waals surface area (Å²) in [7, 11) is 0. The topological polar surface area (TPSA) is 24.5 Å². The second-order valence-electron chi connectivity index (χ2n) is 5.07. The van der Waals surface area contributed by atoms with Crippen LogP contribution in [0, 0.1) is 0 Å². The summed E-state index contributed by atoms with van der Waals surface area (Å²) >= 11 is 0. The van der Waals surface area contributed by atoms with Gasteiger partial charge >= 0.3 is 0 Å². The molecule has 1 aromatic rings. The summed E-state index contributed by atoms with van der Waals surface area (Å²) in [6.07, 6.45) is 2.49. The van der Waals surface area contributed by atoms with Gasteiger partial charge in [0.1, 0.15) is 0 Å². The molecule has 0 bridgehead atoms. The van der Waals surface area contributed by atoms with Gasteiger partial charge in [-0.05, 0) is 32.3 Å². The molecule has 104 valence electrons. The predicted octanol–water partition coefficient (Wildman–Crippen LogP) is 3.27. The first kappa shape index (κ1) is 14.1. The monoisotopic (exact) mass is 260 g/mol. The molecule has 2 rings (SSSR count). The first-order chi connectivity index (χ1) is 9.24. The molecule has 1 aliphatic rings. The molecule has 19 heavy (non-hydrogen) atoms. The van der Waals surface area contributed by atoms with Gasteiger partial charge in [0, 0.05) is 18.3 Å². The van der Waals surface area contributed by atoms with Crippen LogP contribution in [0.15, 0.2) is 42.6 Å². The Morgan fingerprint density at radius 1 is 1.47 bits per heavy atom. The zero-order valence-electron chi connectivity index (χ0n) is 11.9. The van der Waals surface area contributed by atoms with E-state index in [1.807, 2.05) is 13.0 Å². The number of hydrogen-bond acceptors (Lipinski definition) is 3. The van der Waals surface area contributed by atoms with Gasteiger partial charge in [-0.15, -0.1) is 0 Å². The van der Waals surface area contributed by atoms with Gasteiger partial charge < -0.3 is 9.74 Å². The first-order valence-corrected chi connectivity index (χ1v) is 7.11. The highest BCUT2D eigenvalue weighted by atomic mass is 16.6. The van der Waals surface area contributed by atoms with Gasteiger partial charge in [0.25, 0.3) is 0 Å². The third-order valence-electron chi connectivity index (χ3n) is 3.73. The maximum atomic E-state index is 5.43. The largest absolute Gasteiger partial charge is 0.371 e. The molecule has 0 aliphatic carbocycles. The first-order valence-electron chi connectivity index (χ1n) is 7.11. The molecule has 3 heteroatoms. The maximum Gasteiger partial charge on any atom is 0.0963 e. The Balaban J connectivity index is 2.15. The van der Waals surface area contributed by atoms with Gasteiger partial charge in [-0.2, -0.15) is 5.48 Å². The molecule has 2 unspecified atom stereocenters. The van der Waals surface area contributed by atoms with Crippen molar-refractivity contribution in [2.24, 2.45) is 0 Å². The van der Waals surface area contributed by atoms with Crippen molar-refractivity contribution in [2.45, 2.75) is 38.8 Å². The fourth-order valence-electron chi connectivity index (χ4n) is 2.67. The highest BCUT2D eigenvalue weighted by Gasteiger charge is 2.27. The Morgan fingerprint density at radius 3 is 2.79 bits per heavy atom. The number of rotatable bonds is 6. The van der Waals surface area contributed by atoms with Crippen molar-refractivity contribution in [2.75, 3.05) is 13.2 Å². The molecule has 1 N–H and O–H groups in total. The van der Waals surface area contributed by atoms with E-state index in [4.69, 9.17) is 4.84 Å². The molecule has 1 aromatic carbocycles. The molecule has 2 atom stereocenters. The minimum Gasteiger partial charge on any atom is -0.371 e. The lowest BCUT2D eigenvalue weighted by atomic mass is 10.0. The second-order valence-corrected chi connectivity index (χ2v) is 5.07. The minimum absolute atomic E-state index is 0.0294. The van der Waals surface area contributed by atoms with Crippen LogP contribution >= 0.6 is 0 Å². The van der Waals surface area contributed by atoms with Crippen LogP contribution in [0.1, 0.15) is 38.3 Å². The standard InChI is InChI=1S/C16H24N2O/c1-4-19-17-16(15-10-6-5-7-11-15)14(3)18-12-8-9-13(18)2/h5-7,10-11,13,16-17H,3-4,8-9,12H2,1-2H3. The number of nitrogens with zero attached hydrogens (tertiary/aromatic N) is 1. The molecule has 0 aromatic heterocycles. The summed E-state index contributed by atoms with van der Waals surface area (Å²) in [4.78, 5) is 7.82. The highest BCUT2D eigenvalue weighted by molar-refractivity contribution is 5.26. The molecular weight excluding hydrogens is 236 g/mol. The van der Waals surface area contributed by atoms with Crippen LogP contribution in [0.25, 0.3) is 0 Å². The number of hydrogen-bond donors (Lipinski definition) is 1. The number of benzene rings is 1. The zero-order chi connectivity index (χ0) is 13.7. The van der Waals surface area contributed by atoms with E-state index < -0.39 is 0 Å². The Labute approximate surface area is 116 Å². The molecule has 1 heterocycles. The summed E-state index contributed by atoms with van der Waals surface area (Å²) in [5, 5.41) is 0.